The molecule has 1 aromatic heterocycles. The predicted octanol–water partition coefficient (Wildman–Crippen LogP) is 4.30. The van der Waals surface area contributed by atoms with E-state index in [4.69, 9.17) is 18.9 Å². The maximum absolute atomic E-state index is 14.8. The molecule has 42 heavy (non-hydrogen) atoms. The van der Waals surface area contributed by atoms with Crippen molar-refractivity contribution < 1.29 is 33.2 Å². The van der Waals surface area contributed by atoms with Crippen molar-refractivity contribution in [3.8, 4) is 0 Å². The first-order valence-electron chi connectivity index (χ1n) is 14.6. The van der Waals surface area contributed by atoms with Crippen LogP contribution in [-0.2, 0) is 30.3 Å². The fourth-order valence-corrected chi connectivity index (χ4v) is 5.15. The Morgan fingerprint density at radius 3 is 2.33 bits per heavy atom. The van der Waals surface area contributed by atoms with E-state index in [1.807, 2.05) is 6.92 Å². The molecule has 2 aliphatic rings. The molecule has 11 heteroatoms. The first kappa shape index (κ1) is 33.6. The van der Waals surface area contributed by atoms with Crippen molar-refractivity contribution in [1.29, 1.82) is 0 Å². The van der Waals surface area contributed by atoms with E-state index in [1.165, 1.54) is 11.1 Å². The molecule has 0 bridgehead atoms. The first-order chi connectivity index (χ1) is 19.9. The van der Waals surface area contributed by atoms with Gasteiger partial charge >= 0.3 is 11.7 Å². The van der Waals surface area contributed by atoms with E-state index in [9.17, 15) is 23.9 Å². The van der Waals surface area contributed by atoms with Crippen LogP contribution < -0.4 is 11.2 Å². The van der Waals surface area contributed by atoms with Crippen LogP contribution in [0.3, 0.4) is 0 Å². The summed E-state index contributed by atoms with van der Waals surface area (Å²) in [7, 11) is 0. The molecule has 234 valence electrons. The van der Waals surface area contributed by atoms with Crippen LogP contribution in [0.5, 0.6) is 0 Å². The minimum atomic E-state index is -1.22. The number of hydrogen-bond donors (Lipinski definition) is 1. The summed E-state index contributed by atoms with van der Waals surface area (Å²) in [5.74, 6) is -2.74. The highest BCUT2D eigenvalue weighted by molar-refractivity contribution is 5.69. The van der Waals surface area contributed by atoms with Crippen molar-refractivity contribution in [2.45, 2.75) is 117 Å². The van der Waals surface area contributed by atoms with E-state index in [1.54, 1.807) is 19.9 Å². The Balaban J connectivity index is 1.75. The minimum Gasteiger partial charge on any atom is -0.466 e. The zero-order valence-corrected chi connectivity index (χ0v) is 25.6. The summed E-state index contributed by atoms with van der Waals surface area (Å²) < 4.78 is 39.6. The van der Waals surface area contributed by atoms with Gasteiger partial charge in [0.15, 0.2) is 12.0 Å². The van der Waals surface area contributed by atoms with Crippen molar-refractivity contribution in [2.75, 3.05) is 13.2 Å². The molecule has 0 unspecified atom stereocenters. The molecule has 0 saturated carbocycles. The van der Waals surface area contributed by atoms with E-state index in [-0.39, 0.29) is 26.0 Å². The van der Waals surface area contributed by atoms with Crippen molar-refractivity contribution in [3.05, 3.63) is 67.8 Å². The molecule has 2 saturated heterocycles. The molecule has 2 fully saturated rings. The van der Waals surface area contributed by atoms with Gasteiger partial charge in [-0.05, 0) is 67.2 Å². The van der Waals surface area contributed by atoms with Crippen molar-refractivity contribution in [2.24, 2.45) is 0 Å². The van der Waals surface area contributed by atoms with Gasteiger partial charge in [-0.25, -0.2) is 4.79 Å². The molecule has 10 nitrogen and oxygen atoms in total. The third kappa shape index (κ3) is 8.59. The molecule has 0 aromatic carbocycles. The summed E-state index contributed by atoms with van der Waals surface area (Å²) in [4.78, 5) is 37.9. The summed E-state index contributed by atoms with van der Waals surface area (Å²) in [5.41, 5.74) is 1.76. The summed E-state index contributed by atoms with van der Waals surface area (Å²) in [6, 6.07) is 0. The van der Waals surface area contributed by atoms with E-state index in [2.05, 4.69) is 32.9 Å². The highest BCUT2D eigenvalue weighted by atomic mass is 19.1. The second kappa shape index (κ2) is 15.0. The van der Waals surface area contributed by atoms with Crippen LogP contribution in [0, 0.1) is 5.82 Å². The molecule has 0 radical (unpaired) electrons. The fraction of sp³-hybridized carbons (Fsp3) is 0.645. The summed E-state index contributed by atoms with van der Waals surface area (Å²) in [6.45, 7) is 11.2. The Bertz CT molecular complexity index is 1310. The molecule has 0 aliphatic carbocycles. The Kier molecular flexibility index (Phi) is 12.0. The molecule has 1 aromatic rings. The number of esters is 1. The Hall–Kier alpha value is -2.86. The Labute approximate surface area is 246 Å². The van der Waals surface area contributed by atoms with Crippen molar-refractivity contribution >= 4 is 5.97 Å². The van der Waals surface area contributed by atoms with Crippen LogP contribution in [0.25, 0.3) is 0 Å². The second-order valence-corrected chi connectivity index (χ2v) is 11.4. The summed E-state index contributed by atoms with van der Waals surface area (Å²) >= 11 is 0. The van der Waals surface area contributed by atoms with Gasteiger partial charge in [-0.15, -0.1) is 0 Å². The molecular formula is C31H45FN2O8. The number of carbonyl (C=O) groups is 1. The summed E-state index contributed by atoms with van der Waals surface area (Å²) in [5, 5.41) is 9.91. The lowest BCUT2D eigenvalue weighted by Gasteiger charge is -2.27. The largest absolute Gasteiger partial charge is 0.466 e. The number of halogens is 1. The number of allylic oxidation sites excluding steroid dienone is 6. The lowest BCUT2D eigenvalue weighted by molar-refractivity contribution is -0.215. The standard InChI is InChI=1S/C31H45FN2O8/c1-7-39-25(36)14-16-31(6)41-26-24(19-35)40-29(27(26)42-31)34-18-23(32)28(37)33(30(34)38)17-15-22(5)13-9-12-21(4)11-8-10-20(2)3/h10,12,15,18,24,26-27,29,35H,7-9,11,13-14,16-17,19H2,1-6H3/b21-12-,22-15+/t24-,26-,27-,29-,31-/m1/s1. The lowest BCUT2D eigenvalue weighted by Crippen LogP contribution is -2.44. The lowest BCUT2D eigenvalue weighted by atomic mass is 10.1. The topological polar surface area (TPSA) is 118 Å². The Morgan fingerprint density at radius 1 is 1.05 bits per heavy atom. The number of fused-ring (bicyclic) bond motifs is 1. The molecular weight excluding hydrogens is 547 g/mol. The highest BCUT2D eigenvalue weighted by Crippen LogP contribution is 2.44. The van der Waals surface area contributed by atoms with E-state index in [0.717, 1.165) is 46.6 Å². The van der Waals surface area contributed by atoms with E-state index >= 15 is 0 Å². The average molecular weight is 593 g/mol. The number of hydrogen-bond acceptors (Lipinski definition) is 8. The van der Waals surface area contributed by atoms with Crippen LogP contribution in [0.2, 0.25) is 0 Å². The van der Waals surface area contributed by atoms with Crippen molar-refractivity contribution in [3.63, 3.8) is 0 Å². The summed E-state index contributed by atoms with van der Waals surface area (Å²) in [6.07, 6.45) is 7.03. The number of aliphatic hydroxyl groups excluding tert-OH is 1. The monoisotopic (exact) mass is 592 g/mol. The van der Waals surface area contributed by atoms with E-state index in [0.29, 0.717) is 0 Å². The highest BCUT2D eigenvalue weighted by Gasteiger charge is 2.57. The maximum Gasteiger partial charge on any atom is 0.333 e. The number of nitrogens with zero attached hydrogens (tertiary/aromatic N) is 2. The zero-order valence-electron chi connectivity index (χ0n) is 25.6. The molecule has 2 aliphatic heterocycles. The van der Waals surface area contributed by atoms with Gasteiger partial charge in [0.1, 0.15) is 18.3 Å². The number of rotatable bonds is 14. The van der Waals surface area contributed by atoms with Gasteiger partial charge in [-0.3, -0.25) is 18.7 Å². The third-order valence-corrected chi connectivity index (χ3v) is 7.50. The zero-order chi connectivity index (χ0) is 31.0. The smallest absolute Gasteiger partial charge is 0.333 e. The molecule has 5 atom stereocenters. The van der Waals surface area contributed by atoms with Gasteiger partial charge in [0, 0.05) is 13.0 Å². The average Bonchev–Trinajstić information content (AvgIpc) is 3.44. The fourth-order valence-electron chi connectivity index (χ4n) is 5.15. The van der Waals surface area contributed by atoms with Gasteiger partial charge in [0.2, 0.25) is 5.82 Å². The van der Waals surface area contributed by atoms with Gasteiger partial charge in [0.25, 0.3) is 5.56 Å². The van der Waals surface area contributed by atoms with Crippen LogP contribution in [0.15, 0.2) is 50.7 Å². The van der Waals surface area contributed by atoms with Gasteiger partial charge in [-0.2, -0.15) is 4.39 Å². The predicted molar refractivity (Wildman–Crippen MR) is 155 cm³/mol. The van der Waals surface area contributed by atoms with Crippen LogP contribution in [0.4, 0.5) is 4.39 Å². The van der Waals surface area contributed by atoms with Crippen molar-refractivity contribution in [1.82, 2.24) is 9.13 Å². The SMILES string of the molecule is CCOC(=O)CC[C@@]1(C)O[C@@H]2[C@H](O1)[C@@H](CO)O[C@H]2n1cc(F)c(=O)n(C/C=C(\C)CC/C=C(/C)CCC=C(C)C)c1=O. The minimum absolute atomic E-state index is 0.0372. The van der Waals surface area contributed by atoms with Crippen LogP contribution >= 0.6 is 0 Å². The van der Waals surface area contributed by atoms with Gasteiger partial charge in [-0.1, -0.05) is 34.9 Å². The normalized spacial score (nSPS) is 25.9. The molecule has 0 amide bonds. The van der Waals surface area contributed by atoms with Gasteiger partial charge < -0.3 is 24.1 Å². The molecule has 1 N–H and O–H groups in total. The molecule has 3 heterocycles. The number of aromatic nitrogens is 2. The van der Waals surface area contributed by atoms with Crippen LogP contribution in [0.1, 0.15) is 86.3 Å². The first-order valence-corrected chi connectivity index (χ1v) is 14.6. The van der Waals surface area contributed by atoms with Crippen LogP contribution in [-0.4, -0.2) is 57.5 Å². The quantitative estimate of drug-likeness (QED) is 0.251. The number of carbonyl (C=O) groups excluding carboxylic acids is 1. The van der Waals surface area contributed by atoms with Gasteiger partial charge in [0.05, 0.1) is 25.8 Å². The van der Waals surface area contributed by atoms with E-state index < -0.39 is 60.0 Å². The Morgan fingerprint density at radius 2 is 1.69 bits per heavy atom. The molecule has 0 spiro atoms. The third-order valence-electron chi connectivity index (χ3n) is 7.50. The number of ether oxygens (including phenoxy) is 4. The second-order valence-electron chi connectivity index (χ2n) is 11.4. The number of aliphatic hydroxyl groups is 1. The molecule has 3 rings (SSSR count). The maximum atomic E-state index is 14.8.